The molecule has 100 valence electrons. The first kappa shape index (κ1) is 14.4. The van der Waals surface area contributed by atoms with E-state index in [0.29, 0.717) is 24.5 Å². The van der Waals surface area contributed by atoms with Gasteiger partial charge < -0.3 is 9.47 Å². The minimum absolute atomic E-state index is 0.283. The summed E-state index contributed by atoms with van der Waals surface area (Å²) in [4.78, 5) is 27.8. The molecule has 0 aromatic heterocycles. The van der Waals surface area contributed by atoms with E-state index in [0.717, 1.165) is 0 Å². The third-order valence-corrected chi connectivity index (χ3v) is 2.70. The fourth-order valence-corrected chi connectivity index (χ4v) is 1.82. The van der Waals surface area contributed by atoms with E-state index in [2.05, 4.69) is 4.99 Å². The molecule has 1 aliphatic rings. The molecule has 0 fully saturated rings. The van der Waals surface area contributed by atoms with Gasteiger partial charge in [-0.05, 0) is 27.7 Å². The first-order chi connectivity index (χ1) is 8.51. The van der Waals surface area contributed by atoms with Crippen molar-refractivity contribution in [2.75, 3.05) is 13.2 Å². The first-order valence-corrected chi connectivity index (χ1v) is 6.11. The monoisotopic (exact) mass is 253 g/mol. The summed E-state index contributed by atoms with van der Waals surface area (Å²) < 4.78 is 9.91. The Morgan fingerprint density at radius 3 is 2.44 bits per heavy atom. The number of ether oxygens (including phenoxy) is 2. The molecule has 2 unspecified atom stereocenters. The number of rotatable bonds is 4. The largest absolute Gasteiger partial charge is 0.465 e. The van der Waals surface area contributed by atoms with Gasteiger partial charge in [0.2, 0.25) is 0 Å². The molecule has 5 nitrogen and oxygen atoms in total. The van der Waals surface area contributed by atoms with E-state index in [1.165, 1.54) is 0 Å². The quantitative estimate of drug-likeness (QED) is 0.712. The van der Waals surface area contributed by atoms with E-state index in [4.69, 9.17) is 9.47 Å². The summed E-state index contributed by atoms with van der Waals surface area (Å²) in [5.74, 6) is -1.39. The van der Waals surface area contributed by atoms with Crippen molar-refractivity contribution in [3.63, 3.8) is 0 Å². The minimum atomic E-state index is -0.583. The standard InChI is InChI=1S/C13H19NO4/c1-5-17-12(15)10-7-11(13(16)18-6-2)9(4)14-8(10)3/h7-8,11H,5-6H2,1-4H3. The number of hydrogen-bond donors (Lipinski definition) is 0. The van der Waals surface area contributed by atoms with Crippen LogP contribution in [-0.2, 0) is 19.1 Å². The summed E-state index contributed by atoms with van der Waals surface area (Å²) in [6, 6.07) is -0.283. The molecule has 0 aromatic rings. The Labute approximate surface area is 107 Å². The van der Waals surface area contributed by atoms with E-state index < -0.39 is 11.9 Å². The highest BCUT2D eigenvalue weighted by atomic mass is 16.5. The van der Waals surface area contributed by atoms with Crippen LogP contribution < -0.4 is 0 Å². The fourth-order valence-electron chi connectivity index (χ4n) is 1.82. The smallest absolute Gasteiger partial charge is 0.335 e. The zero-order valence-electron chi connectivity index (χ0n) is 11.2. The Hall–Kier alpha value is -1.65. The summed E-state index contributed by atoms with van der Waals surface area (Å²) in [5.41, 5.74) is 1.08. The molecule has 0 saturated carbocycles. The third kappa shape index (κ3) is 3.18. The van der Waals surface area contributed by atoms with Crippen LogP contribution in [0.4, 0.5) is 0 Å². The van der Waals surface area contributed by atoms with Gasteiger partial charge in [-0.15, -0.1) is 0 Å². The molecule has 18 heavy (non-hydrogen) atoms. The average Bonchev–Trinajstić information content (AvgIpc) is 2.29. The van der Waals surface area contributed by atoms with Crippen LogP contribution in [0, 0.1) is 5.92 Å². The lowest BCUT2D eigenvalue weighted by molar-refractivity contribution is -0.144. The van der Waals surface area contributed by atoms with Crippen LogP contribution in [-0.4, -0.2) is 36.9 Å². The predicted molar refractivity (Wildman–Crippen MR) is 67.4 cm³/mol. The molecule has 0 N–H and O–H groups in total. The van der Waals surface area contributed by atoms with E-state index in [1.807, 2.05) is 0 Å². The number of dihydropyridines is 1. The molecular weight excluding hydrogens is 234 g/mol. The SMILES string of the molecule is CCOC(=O)C1=CC(C(=O)OCC)C(C)=NC1C. The van der Waals surface area contributed by atoms with Gasteiger partial charge in [0.05, 0.1) is 24.8 Å². The Balaban J connectivity index is 2.94. The lowest BCUT2D eigenvalue weighted by Crippen LogP contribution is -2.31. The van der Waals surface area contributed by atoms with Crippen LogP contribution in [0.25, 0.3) is 0 Å². The lowest BCUT2D eigenvalue weighted by atomic mass is 9.94. The number of hydrogen-bond acceptors (Lipinski definition) is 5. The normalized spacial score (nSPS) is 22.9. The highest BCUT2D eigenvalue weighted by Crippen LogP contribution is 2.21. The summed E-state index contributed by atoms with van der Waals surface area (Å²) in [7, 11) is 0. The van der Waals surface area contributed by atoms with Gasteiger partial charge >= 0.3 is 11.9 Å². The summed E-state index contributed by atoms with van der Waals surface area (Å²) in [5, 5.41) is 0. The summed E-state index contributed by atoms with van der Waals surface area (Å²) >= 11 is 0. The third-order valence-electron chi connectivity index (χ3n) is 2.70. The van der Waals surface area contributed by atoms with Crippen LogP contribution in [0.5, 0.6) is 0 Å². The van der Waals surface area contributed by atoms with E-state index in [1.54, 1.807) is 33.8 Å². The fraction of sp³-hybridized carbons (Fsp3) is 0.615. The van der Waals surface area contributed by atoms with Crippen molar-refractivity contribution < 1.29 is 19.1 Å². The van der Waals surface area contributed by atoms with E-state index in [9.17, 15) is 9.59 Å². The minimum Gasteiger partial charge on any atom is -0.465 e. The van der Waals surface area contributed by atoms with Crippen LogP contribution in [0.2, 0.25) is 0 Å². The molecular formula is C13H19NO4. The molecule has 1 rings (SSSR count). The van der Waals surface area contributed by atoms with Gasteiger partial charge in [0, 0.05) is 5.71 Å². The molecule has 0 aromatic carbocycles. The van der Waals surface area contributed by atoms with Gasteiger partial charge in [-0.3, -0.25) is 9.79 Å². The van der Waals surface area contributed by atoms with Crippen molar-refractivity contribution >= 4 is 17.7 Å². The molecule has 1 heterocycles. The second kappa shape index (κ2) is 6.33. The van der Waals surface area contributed by atoms with Crippen molar-refractivity contribution in [2.45, 2.75) is 33.7 Å². The van der Waals surface area contributed by atoms with Gasteiger partial charge in [-0.25, -0.2) is 4.79 Å². The predicted octanol–water partition coefficient (Wildman–Crippen LogP) is 1.52. The number of nitrogens with zero attached hydrogens (tertiary/aromatic N) is 1. The number of aliphatic imine (C=N–C) groups is 1. The van der Waals surface area contributed by atoms with Crippen LogP contribution in [0.1, 0.15) is 27.7 Å². The van der Waals surface area contributed by atoms with Crippen molar-refractivity contribution in [2.24, 2.45) is 10.9 Å². The molecule has 2 atom stereocenters. The molecule has 1 aliphatic heterocycles. The number of esters is 2. The highest BCUT2D eigenvalue weighted by Gasteiger charge is 2.30. The molecule has 0 spiro atoms. The van der Waals surface area contributed by atoms with Gasteiger partial charge in [0.25, 0.3) is 0 Å². The Kier molecular flexibility index (Phi) is 5.07. The maximum atomic E-state index is 11.7. The van der Waals surface area contributed by atoms with Crippen molar-refractivity contribution in [1.29, 1.82) is 0 Å². The van der Waals surface area contributed by atoms with Gasteiger partial charge in [-0.1, -0.05) is 6.08 Å². The lowest BCUT2D eigenvalue weighted by Gasteiger charge is -2.22. The Morgan fingerprint density at radius 2 is 1.89 bits per heavy atom. The maximum Gasteiger partial charge on any atom is 0.335 e. The Bertz CT molecular complexity index is 398. The summed E-state index contributed by atoms with van der Waals surface area (Å²) in [6.45, 7) is 7.65. The van der Waals surface area contributed by atoms with Crippen molar-refractivity contribution in [3.8, 4) is 0 Å². The first-order valence-electron chi connectivity index (χ1n) is 6.11. The van der Waals surface area contributed by atoms with E-state index in [-0.39, 0.29) is 12.0 Å². The van der Waals surface area contributed by atoms with Gasteiger partial charge in [-0.2, -0.15) is 0 Å². The van der Waals surface area contributed by atoms with Gasteiger partial charge in [0.15, 0.2) is 0 Å². The molecule has 0 radical (unpaired) electrons. The molecule has 0 amide bonds. The van der Waals surface area contributed by atoms with Crippen LogP contribution in [0.15, 0.2) is 16.6 Å². The van der Waals surface area contributed by atoms with Crippen molar-refractivity contribution in [1.82, 2.24) is 0 Å². The molecule has 5 heteroatoms. The molecule has 0 aliphatic carbocycles. The maximum absolute atomic E-state index is 11.7. The van der Waals surface area contributed by atoms with Crippen molar-refractivity contribution in [3.05, 3.63) is 11.6 Å². The molecule has 0 saturated heterocycles. The topological polar surface area (TPSA) is 65.0 Å². The molecule has 0 bridgehead atoms. The summed E-state index contributed by atoms with van der Waals surface area (Å²) in [6.07, 6.45) is 1.60. The second-order valence-electron chi connectivity index (χ2n) is 4.02. The van der Waals surface area contributed by atoms with Crippen LogP contribution in [0.3, 0.4) is 0 Å². The Morgan fingerprint density at radius 1 is 1.28 bits per heavy atom. The van der Waals surface area contributed by atoms with Gasteiger partial charge in [0.1, 0.15) is 5.92 Å². The second-order valence-corrected chi connectivity index (χ2v) is 4.02. The number of carbonyl (C=O) groups excluding carboxylic acids is 2. The number of carbonyl (C=O) groups is 2. The zero-order valence-corrected chi connectivity index (χ0v) is 11.2. The van der Waals surface area contributed by atoms with Crippen LogP contribution >= 0.6 is 0 Å². The average molecular weight is 253 g/mol. The van der Waals surface area contributed by atoms with E-state index >= 15 is 0 Å². The highest BCUT2D eigenvalue weighted by molar-refractivity contribution is 6.06. The zero-order chi connectivity index (χ0) is 13.7.